The highest BCUT2D eigenvalue weighted by molar-refractivity contribution is 6.30. The number of nitrogens with one attached hydrogen (secondary N) is 1. The molecule has 1 aliphatic rings. The van der Waals surface area contributed by atoms with Crippen LogP contribution in [0.3, 0.4) is 0 Å². The Morgan fingerprint density at radius 2 is 2.07 bits per heavy atom. The molecule has 2 heterocycles. The molecule has 0 atom stereocenters. The number of guanidine groups is 1. The van der Waals surface area contributed by atoms with Crippen LogP contribution in [0.2, 0.25) is 5.02 Å². The molecule has 1 aromatic heterocycles. The molecular weight excluding hydrogens is 388 g/mol. The van der Waals surface area contributed by atoms with Gasteiger partial charge in [-0.3, -0.25) is 4.99 Å². The molecule has 1 aromatic carbocycles. The number of ether oxygens (including phenoxy) is 2. The lowest BCUT2D eigenvalue weighted by Gasteiger charge is -2.23. The number of hydrogen-bond acceptors (Lipinski definition) is 3. The monoisotopic (exact) mass is 418 g/mol. The third kappa shape index (κ3) is 6.49. The van der Waals surface area contributed by atoms with Crippen molar-refractivity contribution in [3.8, 4) is 0 Å². The minimum absolute atomic E-state index is 0.309. The van der Waals surface area contributed by atoms with Gasteiger partial charge in [-0.05, 0) is 30.0 Å². The second kappa shape index (κ2) is 10.7. The molecule has 6 nitrogen and oxygen atoms in total. The first-order valence-electron chi connectivity index (χ1n) is 10.0. The molecule has 0 saturated carbocycles. The van der Waals surface area contributed by atoms with Crippen molar-refractivity contribution in [1.29, 1.82) is 0 Å². The van der Waals surface area contributed by atoms with Crippen LogP contribution in [0, 0.1) is 0 Å². The van der Waals surface area contributed by atoms with Crippen LogP contribution in [0.1, 0.15) is 29.7 Å². The third-order valence-corrected chi connectivity index (χ3v) is 5.35. The molecule has 0 spiro atoms. The lowest BCUT2D eigenvalue weighted by atomic mass is 10.1. The van der Waals surface area contributed by atoms with Crippen LogP contribution in [0.4, 0.5) is 0 Å². The maximum atomic E-state index is 6.09. The van der Waals surface area contributed by atoms with Gasteiger partial charge < -0.3 is 24.3 Å². The smallest absolute Gasteiger partial charge is 0.194 e. The second-order valence-electron chi connectivity index (χ2n) is 7.46. The number of nitrogens with zero attached hydrogens (tertiary/aromatic N) is 3. The SMILES string of the molecule is CN=C(NCc1cccc(COC2CCOCC2)c1)N(C)Cc1cc(Cl)cn1C. The summed E-state index contributed by atoms with van der Waals surface area (Å²) in [6.07, 6.45) is 4.19. The second-order valence-corrected chi connectivity index (χ2v) is 7.90. The lowest BCUT2D eigenvalue weighted by molar-refractivity contribution is -0.0390. The average molecular weight is 419 g/mol. The van der Waals surface area contributed by atoms with Crippen molar-refractivity contribution < 1.29 is 9.47 Å². The Bertz CT molecular complexity index is 815. The first-order chi connectivity index (χ1) is 14.0. The van der Waals surface area contributed by atoms with E-state index in [1.54, 1.807) is 7.05 Å². The largest absolute Gasteiger partial charge is 0.381 e. The molecule has 29 heavy (non-hydrogen) atoms. The van der Waals surface area contributed by atoms with Crippen molar-refractivity contribution >= 4 is 17.6 Å². The summed E-state index contributed by atoms with van der Waals surface area (Å²) in [5.41, 5.74) is 3.53. The van der Waals surface area contributed by atoms with Gasteiger partial charge in [-0.2, -0.15) is 0 Å². The Hall–Kier alpha value is -2.02. The summed E-state index contributed by atoms with van der Waals surface area (Å²) >= 11 is 6.09. The fourth-order valence-corrected chi connectivity index (χ4v) is 3.77. The summed E-state index contributed by atoms with van der Waals surface area (Å²) in [5.74, 6) is 0.839. The zero-order valence-corrected chi connectivity index (χ0v) is 18.3. The molecule has 158 valence electrons. The standard InChI is InChI=1S/C22H31ClN4O2/c1-24-22(27(3)15-20-12-19(23)14-26(20)2)25-13-17-5-4-6-18(11-17)16-29-21-7-9-28-10-8-21/h4-6,11-12,14,21H,7-10,13,15-16H2,1-3H3,(H,24,25). The summed E-state index contributed by atoms with van der Waals surface area (Å²) in [6, 6.07) is 10.5. The maximum absolute atomic E-state index is 6.09. The quantitative estimate of drug-likeness (QED) is 0.551. The van der Waals surface area contributed by atoms with E-state index in [2.05, 4.69) is 39.5 Å². The number of benzene rings is 1. The number of rotatable bonds is 7. The Morgan fingerprint density at radius 3 is 2.76 bits per heavy atom. The molecule has 1 N–H and O–H groups in total. The predicted octanol–water partition coefficient (Wildman–Crippen LogP) is 3.58. The summed E-state index contributed by atoms with van der Waals surface area (Å²) in [7, 11) is 5.82. The van der Waals surface area contributed by atoms with Crippen LogP contribution in [-0.2, 0) is 36.2 Å². The van der Waals surface area contributed by atoms with Gasteiger partial charge >= 0.3 is 0 Å². The molecule has 0 bridgehead atoms. The van der Waals surface area contributed by atoms with Crippen molar-refractivity contribution in [1.82, 2.24) is 14.8 Å². The molecule has 0 aliphatic carbocycles. The van der Waals surface area contributed by atoms with Gasteiger partial charge in [0.2, 0.25) is 0 Å². The first kappa shape index (κ1) is 21.7. The van der Waals surface area contributed by atoms with Gasteiger partial charge in [-0.15, -0.1) is 0 Å². The lowest BCUT2D eigenvalue weighted by Crippen LogP contribution is -2.38. The minimum atomic E-state index is 0.309. The molecule has 0 unspecified atom stereocenters. The Balaban J connectivity index is 1.51. The van der Waals surface area contributed by atoms with Crippen LogP contribution in [0.25, 0.3) is 0 Å². The van der Waals surface area contributed by atoms with E-state index in [4.69, 9.17) is 21.1 Å². The third-order valence-electron chi connectivity index (χ3n) is 5.14. The van der Waals surface area contributed by atoms with Crippen molar-refractivity contribution in [3.63, 3.8) is 0 Å². The van der Waals surface area contributed by atoms with Gasteiger partial charge in [-0.25, -0.2) is 0 Å². The van der Waals surface area contributed by atoms with E-state index in [0.29, 0.717) is 19.3 Å². The Kier molecular flexibility index (Phi) is 7.98. The van der Waals surface area contributed by atoms with Crippen LogP contribution in [-0.4, -0.2) is 48.8 Å². The van der Waals surface area contributed by atoms with Gasteiger partial charge in [0.25, 0.3) is 0 Å². The van der Waals surface area contributed by atoms with Gasteiger partial charge in [0, 0.05) is 52.8 Å². The fraction of sp³-hybridized carbons (Fsp3) is 0.500. The molecule has 1 saturated heterocycles. The van der Waals surface area contributed by atoms with E-state index in [0.717, 1.165) is 49.3 Å². The molecule has 0 radical (unpaired) electrons. The van der Waals surface area contributed by atoms with Crippen molar-refractivity contribution in [2.45, 2.75) is 38.6 Å². The van der Waals surface area contributed by atoms with Gasteiger partial charge in [0.15, 0.2) is 5.96 Å². The van der Waals surface area contributed by atoms with Crippen molar-refractivity contribution in [2.24, 2.45) is 12.0 Å². The normalized spacial score (nSPS) is 15.5. The summed E-state index contributed by atoms with van der Waals surface area (Å²) in [6.45, 7) is 3.67. The molecule has 0 amide bonds. The van der Waals surface area contributed by atoms with E-state index in [9.17, 15) is 0 Å². The summed E-state index contributed by atoms with van der Waals surface area (Å²) < 4.78 is 13.5. The minimum Gasteiger partial charge on any atom is -0.381 e. The molecule has 3 rings (SSSR count). The Morgan fingerprint density at radius 1 is 1.31 bits per heavy atom. The number of aliphatic imine (C=N–C) groups is 1. The van der Waals surface area contributed by atoms with Crippen molar-refractivity contribution in [3.05, 3.63) is 58.4 Å². The van der Waals surface area contributed by atoms with E-state index in [1.807, 2.05) is 30.9 Å². The van der Waals surface area contributed by atoms with E-state index in [1.165, 1.54) is 11.1 Å². The number of hydrogen-bond donors (Lipinski definition) is 1. The first-order valence-corrected chi connectivity index (χ1v) is 10.4. The molecular formula is C22H31ClN4O2. The predicted molar refractivity (Wildman–Crippen MR) is 117 cm³/mol. The van der Waals surface area contributed by atoms with Crippen LogP contribution < -0.4 is 5.32 Å². The molecule has 7 heteroatoms. The van der Waals surface area contributed by atoms with Crippen LogP contribution in [0.15, 0.2) is 41.5 Å². The number of aromatic nitrogens is 1. The Labute approximate surface area is 178 Å². The zero-order chi connectivity index (χ0) is 20.6. The summed E-state index contributed by atoms with van der Waals surface area (Å²) in [4.78, 5) is 6.50. The van der Waals surface area contributed by atoms with Crippen molar-refractivity contribution in [2.75, 3.05) is 27.3 Å². The molecule has 2 aromatic rings. The summed E-state index contributed by atoms with van der Waals surface area (Å²) in [5, 5.41) is 4.19. The van der Waals surface area contributed by atoms with Crippen LogP contribution in [0.5, 0.6) is 0 Å². The van der Waals surface area contributed by atoms with Gasteiger partial charge in [0.05, 0.1) is 24.3 Å². The molecule has 1 fully saturated rings. The van der Waals surface area contributed by atoms with Gasteiger partial charge in [0.1, 0.15) is 0 Å². The maximum Gasteiger partial charge on any atom is 0.194 e. The van der Waals surface area contributed by atoms with E-state index in [-0.39, 0.29) is 0 Å². The van der Waals surface area contributed by atoms with E-state index < -0.39 is 0 Å². The highest BCUT2D eigenvalue weighted by atomic mass is 35.5. The average Bonchev–Trinajstić information content (AvgIpc) is 3.04. The highest BCUT2D eigenvalue weighted by Crippen LogP contribution is 2.15. The highest BCUT2D eigenvalue weighted by Gasteiger charge is 2.14. The van der Waals surface area contributed by atoms with Gasteiger partial charge in [-0.1, -0.05) is 35.9 Å². The number of aryl methyl sites for hydroxylation is 1. The molecule has 1 aliphatic heterocycles. The fourth-order valence-electron chi connectivity index (χ4n) is 3.49. The van der Waals surface area contributed by atoms with Crippen LogP contribution >= 0.6 is 11.6 Å². The number of halogens is 1. The zero-order valence-electron chi connectivity index (χ0n) is 17.5. The topological polar surface area (TPSA) is 51.0 Å². The van der Waals surface area contributed by atoms with E-state index >= 15 is 0 Å².